The van der Waals surface area contributed by atoms with Crippen molar-refractivity contribution in [3.05, 3.63) is 48.3 Å². The molecule has 2 heterocycles. The van der Waals surface area contributed by atoms with Crippen LogP contribution in [0, 0.1) is 0 Å². The molecule has 21 heavy (non-hydrogen) atoms. The van der Waals surface area contributed by atoms with Gasteiger partial charge in [0, 0.05) is 30.4 Å². The summed E-state index contributed by atoms with van der Waals surface area (Å²) >= 11 is 0. The molecule has 0 aliphatic heterocycles. The molecule has 4 heteroatoms. The van der Waals surface area contributed by atoms with Crippen molar-refractivity contribution in [1.82, 2.24) is 9.55 Å². The fourth-order valence-electron chi connectivity index (χ4n) is 2.69. The standard InChI is InChI=1S/C17H19N3O/c1-20-10-7-14-13(6-9-19-17(14)20)15-11-12(5-8-18)3-4-16(15)21-2/h3-4,6-7,9-11H,5,8,18H2,1-2H3. The third-order valence-corrected chi connectivity index (χ3v) is 3.76. The number of aryl methyl sites for hydroxylation is 1. The van der Waals surface area contributed by atoms with Crippen molar-refractivity contribution in [2.45, 2.75) is 6.42 Å². The second-order valence-corrected chi connectivity index (χ2v) is 5.10. The third-order valence-electron chi connectivity index (χ3n) is 3.76. The molecule has 3 aromatic rings. The molecule has 3 rings (SSSR count). The van der Waals surface area contributed by atoms with Gasteiger partial charge in [0.1, 0.15) is 11.4 Å². The number of pyridine rings is 1. The van der Waals surface area contributed by atoms with Gasteiger partial charge in [-0.05, 0) is 48.4 Å². The highest BCUT2D eigenvalue weighted by Crippen LogP contribution is 2.35. The summed E-state index contributed by atoms with van der Waals surface area (Å²) in [5, 5.41) is 1.13. The number of benzene rings is 1. The molecule has 4 nitrogen and oxygen atoms in total. The first-order chi connectivity index (χ1) is 10.2. The molecule has 0 aliphatic rings. The summed E-state index contributed by atoms with van der Waals surface area (Å²) in [5.74, 6) is 0.868. The van der Waals surface area contributed by atoms with Gasteiger partial charge in [-0.25, -0.2) is 4.98 Å². The molecule has 0 amide bonds. The Morgan fingerprint density at radius 2 is 2.05 bits per heavy atom. The van der Waals surface area contributed by atoms with Gasteiger partial charge in [0.15, 0.2) is 0 Å². The van der Waals surface area contributed by atoms with Gasteiger partial charge in [-0.2, -0.15) is 0 Å². The van der Waals surface area contributed by atoms with Crippen LogP contribution in [0.2, 0.25) is 0 Å². The van der Waals surface area contributed by atoms with E-state index in [0.29, 0.717) is 6.54 Å². The Hall–Kier alpha value is -2.33. The van der Waals surface area contributed by atoms with Gasteiger partial charge < -0.3 is 15.0 Å². The Bertz CT molecular complexity index is 777. The van der Waals surface area contributed by atoms with E-state index >= 15 is 0 Å². The summed E-state index contributed by atoms with van der Waals surface area (Å²) in [4.78, 5) is 4.44. The van der Waals surface area contributed by atoms with Gasteiger partial charge in [0.25, 0.3) is 0 Å². The molecule has 0 saturated carbocycles. The largest absolute Gasteiger partial charge is 0.496 e. The Kier molecular flexibility index (Phi) is 3.62. The van der Waals surface area contributed by atoms with Crippen LogP contribution in [0.4, 0.5) is 0 Å². The lowest BCUT2D eigenvalue weighted by Crippen LogP contribution is -2.03. The number of rotatable bonds is 4. The van der Waals surface area contributed by atoms with E-state index in [-0.39, 0.29) is 0 Å². The van der Waals surface area contributed by atoms with Crippen molar-refractivity contribution >= 4 is 11.0 Å². The van der Waals surface area contributed by atoms with Gasteiger partial charge in [0.2, 0.25) is 0 Å². The quantitative estimate of drug-likeness (QED) is 0.800. The Morgan fingerprint density at radius 1 is 1.19 bits per heavy atom. The predicted molar refractivity (Wildman–Crippen MR) is 85.5 cm³/mol. The van der Waals surface area contributed by atoms with E-state index in [2.05, 4.69) is 23.2 Å². The highest BCUT2D eigenvalue weighted by Gasteiger charge is 2.12. The summed E-state index contributed by atoms with van der Waals surface area (Å²) in [6, 6.07) is 10.4. The van der Waals surface area contributed by atoms with E-state index < -0.39 is 0 Å². The predicted octanol–water partition coefficient (Wildman–Crippen LogP) is 2.75. The molecular weight excluding hydrogens is 262 g/mol. The van der Waals surface area contributed by atoms with Crippen LogP contribution in [0.5, 0.6) is 5.75 Å². The second kappa shape index (κ2) is 5.58. The van der Waals surface area contributed by atoms with Crippen LogP contribution in [-0.4, -0.2) is 23.2 Å². The third kappa shape index (κ3) is 2.38. The molecule has 108 valence electrons. The molecule has 0 aliphatic carbocycles. The van der Waals surface area contributed by atoms with E-state index in [1.165, 1.54) is 5.56 Å². The van der Waals surface area contributed by atoms with E-state index in [4.69, 9.17) is 10.5 Å². The van der Waals surface area contributed by atoms with Crippen LogP contribution in [0.1, 0.15) is 5.56 Å². The zero-order valence-corrected chi connectivity index (χ0v) is 12.3. The first-order valence-corrected chi connectivity index (χ1v) is 7.02. The maximum absolute atomic E-state index is 5.67. The Balaban J connectivity index is 2.23. The molecule has 0 atom stereocenters. The molecule has 0 bridgehead atoms. The minimum atomic E-state index is 0.642. The number of methoxy groups -OCH3 is 1. The average Bonchev–Trinajstić information content (AvgIpc) is 2.89. The zero-order valence-electron chi connectivity index (χ0n) is 12.3. The van der Waals surface area contributed by atoms with Crippen molar-refractivity contribution in [3.63, 3.8) is 0 Å². The SMILES string of the molecule is COc1ccc(CCN)cc1-c1ccnc2c1ccn2C. The fourth-order valence-corrected chi connectivity index (χ4v) is 2.69. The van der Waals surface area contributed by atoms with Gasteiger partial charge in [-0.1, -0.05) is 6.07 Å². The Labute approximate surface area is 124 Å². The number of hydrogen-bond donors (Lipinski definition) is 1. The summed E-state index contributed by atoms with van der Waals surface area (Å²) in [7, 11) is 3.70. The normalized spacial score (nSPS) is 11.0. The first kappa shape index (κ1) is 13.6. The minimum absolute atomic E-state index is 0.642. The number of nitrogens with two attached hydrogens (primary N) is 1. The van der Waals surface area contributed by atoms with E-state index in [1.807, 2.05) is 36.1 Å². The second-order valence-electron chi connectivity index (χ2n) is 5.10. The number of nitrogens with zero attached hydrogens (tertiary/aromatic N) is 2. The average molecular weight is 281 g/mol. The topological polar surface area (TPSA) is 53.1 Å². The maximum Gasteiger partial charge on any atom is 0.140 e. The number of aromatic nitrogens is 2. The molecule has 0 unspecified atom stereocenters. The molecule has 1 aromatic carbocycles. The highest BCUT2D eigenvalue weighted by atomic mass is 16.5. The van der Waals surface area contributed by atoms with Crippen molar-refractivity contribution in [2.75, 3.05) is 13.7 Å². The molecule has 0 fully saturated rings. The number of ether oxygens (including phenoxy) is 1. The lowest BCUT2D eigenvalue weighted by Gasteiger charge is -2.12. The summed E-state index contributed by atoms with van der Waals surface area (Å²) in [5.41, 5.74) is 10.1. The minimum Gasteiger partial charge on any atom is -0.496 e. The molecule has 0 spiro atoms. The molecule has 0 saturated heterocycles. The lowest BCUT2D eigenvalue weighted by molar-refractivity contribution is 0.416. The monoisotopic (exact) mass is 281 g/mol. The lowest BCUT2D eigenvalue weighted by atomic mass is 9.99. The van der Waals surface area contributed by atoms with Crippen LogP contribution in [0.25, 0.3) is 22.2 Å². The number of fused-ring (bicyclic) bond motifs is 1. The van der Waals surface area contributed by atoms with E-state index in [0.717, 1.165) is 34.3 Å². The van der Waals surface area contributed by atoms with Crippen LogP contribution >= 0.6 is 0 Å². The smallest absolute Gasteiger partial charge is 0.140 e. The Morgan fingerprint density at radius 3 is 2.81 bits per heavy atom. The first-order valence-electron chi connectivity index (χ1n) is 7.02. The molecule has 2 N–H and O–H groups in total. The van der Waals surface area contributed by atoms with Gasteiger partial charge >= 0.3 is 0 Å². The zero-order chi connectivity index (χ0) is 14.8. The molecular formula is C17H19N3O. The highest BCUT2D eigenvalue weighted by molar-refractivity contribution is 5.95. The van der Waals surface area contributed by atoms with E-state index in [1.54, 1.807) is 7.11 Å². The maximum atomic E-state index is 5.67. The van der Waals surface area contributed by atoms with Gasteiger partial charge in [0.05, 0.1) is 7.11 Å². The molecule has 2 aromatic heterocycles. The van der Waals surface area contributed by atoms with Crippen LogP contribution < -0.4 is 10.5 Å². The van der Waals surface area contributed by atoms with Crippen LogP contribution in [0.15, 0.2) is 42.7 Å². The van der Waals surface area contributed by atoms with Crippen molar-refractivity contribution in [2.24, 2.45) is 12.8 Å². The molecule has 0 radical (unpaired) electrons. The van der Waals surface area contributed by atoms with Crippen LogP contribution in [0.3, 0.4) is 0 Å². The summed E-state index contributed by atoms with van der Waals surface area (Å²) in [6.07, 6.45) is 4.73. The van der Waals surface area contributed by atoms with E-state index in [9.17, 15) is 0 Å². The summed E-state index contributed by atoms with van der Waals surface area (Å²) < 4.78 is 7.55. The van der Waals surface area contributed by atoms with Crippen LogP contribution in [-0.2, 0) is 13.5 Å². The van der Waals surface area contributed by atoms with Crippen molar-refractivity contribution < 1.29 is 4.74 Å². The number of hydrogen-bond acceptors (Lipinski definition) is 3. The fraction of sp³-hybridized carbons (Fsp3) is 0.235. The van der Waals surface area contributed by atoms with Gasteiger partial charge in [-0.3, -0.25) is 0 Å². The van der Waals surface area contributed by atoms with Crippen molar-refractivity contribution in [3.8, 4) is 16.9 Å². The summed E-state index contributed by atoms with van der Waals surface area (Å²) in [6.45, 7) is 0.642. The van der Waals surface area contributed by atoms with Crippen molar-refractivity contribution in [1.29, 1.82) is 0 Å². The van der Waals surface area contributed by atoms with Gasteiger partial charge in [-0.15, -0.1) is 0 Å².